The second kappa shape index (κ2) is 4.74. The summed E-state index contributed by atoms with van der Waals surface area (Å²) in [7, 11) is 0. The molecule has 0 atom stereocenters. The number of halogens is 4. The molecule has 0 aliphatic carbocycles. The fraction of sp³-hybridized carbons (Fsp3) is 0.375. The second-order valence-electron chi connectivity index (χ2n) is 3.00. The van der Waals surface area contributed by atoms with Gasteiger partial charge in [0.05, 0.1) is 5.88 Å². The number of alkyl halides is 4. The van der Waals surface area contributed by atoms with Gasteiger partial charge in [0.15, 0.2) is 0 Å². The zero-order valence-corrected chi connectivity index (χ0v) is 9.17. The molecule has 1 rings (SSSR count). The first-order chi connectivity index (χ1) is 7.76. The van der Waals surface area contributed by atoms with E-state index in [0.29, 0.717) is 0 Å². The molecule has 17 heavy (non-hydrogen) atoms. The number of nitro groups is 1. The van der Waals surface area contributed by atoms with Gasteiger partial charge in [-0.3, -0.25) is 0 Å². The van der Waals surface area contributed by atoms with E-state index in [9.17, 15) is 23.3 Å². The molecule has 0 N–H and O–H groups in total. The van der Waals surface area contributed by atoms with Gasteiger partial charge >= 0.3 is 12.2 Å². The molecule has 0 saturated carbocycles. The van der Waals surface area contributed by atoms with E-state index in [1.165, 1.54) is 6.92 Å². The Morgan fingerprint density at radius 3 is 2.59 bits per heavy atom. The van der Waals surface area contributed by atoms with Crippen LogP contribution >= 0.6 is 11.6 Å². The van der Waals surface area contributed by atoms with Gasteiger partial charge in [-0.2, -0.15) is 0 Å². The van der Waals surface area contributed by atoms with Gasteiger partial charge in [-0.1, -0.05) is 0 Å². The summed E-state index contributed by atoms with van der Waals surface area (Å²) < 4.78 is 39.9. The van der Waals surface area contributed by atoms with E-state index in [1.807, 2.05) is 0 Å². The van der Waals surface area contributed by atoms with Gasteiger partial charge < -0.3 is 14.9 Å². The fourth-order valence-corrected chi connectivity index (χ4v) is 1.38. The highest BCUT2D eigenvalue weighted by molar-refractivity contribution is 6.17. The highest BCUT2D eigenvalue weighted by Crippen LogP contribution is 2.35. The number of rotatable bonds is 3. The molecule has 1 heterocycles. The Bertz CT molecular complexity index is 450. The zero-order chi connectivity index (χ0) is 13.2. The fourth-order valence-electron chi connectivity index (χ4n) is 1.11. The average molecular weight is 271 g/mol. The first-order valence-corrected chi connectivity index (χ1v) is 4.74. The lowest BCUT2D eigenvalue weighted by Gasteiger charge is -2.12. The molecule has 0 radical (unpaired) electrons. The van der Waals surface area contributed by atoms with Crippen LogP contribution in [0.25, 0.3) is 0 Å². The smallest absolute Gasteiger partial charge is 0.396 e. The summed E-state index contributed by atoms with van der Waals surface area (Å²) in [5, 5.41) is 10.5. The molecule has 0 unspecified atom stereocenters. The Kier molecular flexibility index (Phi) is 3.76. The van der Waals surface area contributed by atoms with Crippen LogP contribution in [-0.2, 0) is 5.88 Å². The minimum absolute atomic E-state index is 0.0565. The lowest BCUT2D eigenvalue weighted by Crippen LogP contribution is -2.19. The number of hydrogen-bond donors (Lipinski definition) is 0. The Hall–Kier alpha value is -1.57. The minimum atomic E-state index is -5.03. The topological polar surface area (TPSA) is 65.3 Å². The molecule has 0 aliphatic rings. The van der Waals surface area contributed by atoms with Crippen molar-refractivity contribution in [3.63, 3.8) is 0 Å². The Labute approximate surface area is 98.3 Å². The summed E-state index contributed by atoms with van der Waals surface area (Å²) in [4.78, 5) is 12.8. The van der Waals surface area contributed by atoms with Crippen LogP contribution in [0.15, 0.2) is 6.20 Å². The van der Waals surface area contributed by atoms with Crippen LogP contribution in [0.1, 0.15) is 11.1 Å². The normalized spacial score (nSPS) is 11.4. The van der Waals surface area contributed by atoms with Gasteiger partial charge in [0.1, 0.15) is 6.20 Å². The van der Waals surface area contributed by atoms with Crippen molar-refractivity contribution >= 4 is 17.4 Å². The van der Waals surface area contributed by atoms with E-state index >= 15 is 0 Å². The van der Waals surface area contributed by atoms with Gasteiger partial charge in [0, 0.05) is 11.1 Å². The van der Waals surface area contributed by atoms with Crippen molar-refractivity contribution in [1.29, 1.82) is 0 Å². The molecule has 0 amide bonds. The molecule has 0 aliphatic heterocycles. The molecule has 0 bridgehead atoms. The lowest BCUT2D eigenvalue weighted by atomic mass is 10.1. The summed E-state index contributed by atoms with van der Waals surface area (Å²) >= 11 is 5.46. The standard InChI is InChI=1S/C8H6ClF3N2O3/c1-4-5(2-9)3-13-7(14(15)16)6(4)17-8(10,11)12/h3H,2H2,1H3. The highest BCUT2D eigenvalue weighted by atomic mass is 35.5. The SMILES string of the molecule is Cc1c(CCl)cnc([N+](=O)[O-])c1OC(F)(F)F. The van der Waals surface area contributed by atoms with Crippen LogP contribution in [-0.4, -0.2) is 16.3 Å². The summed E-state index contributed by atoms with van der Waals surface area (Å²) in [6.45, 7) is 1.24. The molecule has 1 aromatic rings. The third kappa shape index (κ3) is 3.19. The van der Waals surface area contributed by atoms with Crippen LogP contribution in [0.3, 0.4) is 0 Å². The summed E-state index contributed by atoms with van der Waals surface area (Å²) in [6, 6.07) is 0. The quantitative estimate of drug-likeness (QED) is 0.481. The molecule has 94 valence electrons. The van der Waals surface area contributed by atoms with E-state index < -0.39 is 22.9 Å². The first kappa shape index (κ1) is 13.5. The van der Waals surface area contributed by atoms with Crippen molar-refractivity contribution in [2.24, 2.45) is 0 Å². The maximum atomic E-state index is 12.1. The molecule has 1 aromatic heterocycles. The molecule has 5 nitrogen and oxygen atoms in total. The summed E-state index contributed by atoms with van der Waals surface area (Å²) in [5.41, 5.74) is 0.176. The van der Waals surface area contributed by atoms with Crippen molar-refractivity contribution in [2.45, 2.75) is 19.2 Å². The van der Waals surface area contributed by atoms with Gasteiger partial charge in [-0.15, -0.1) is 24.8 Å². The third-order valence-corrected chi connectivity index (χ3v) is 2.19. The third-order valence-electron chi connectivity index (χ3n) is 1.90. The molecule has 0 fully saturated rings. The monoisotopic (exact) mass is 270 g/mol. The van der Waals surface area contributed by atoms with Gasteiger partial charge in [0.2, 0.25) is 5.75 Å². The maximum Gasteiger partial charge on any atom is 0.573 e. The average Bonchev–Trinajstić information content (AvgIpc) is 2.18. The van der Waals surface area contributed by atoms with Crippen LogP contribution in [0, 0.1) is 17.0 Å². The molecule has 9 heteroatoms. The molecular formula is C8H6ClF3N2O3. The van der Waals surface area contributed by atoms with Crippen molar-refractivity contribution in [3.8, 4) is 5.75 Å². The van der Waals surface area contributed by atoms with Crippen LogP contribution in [0.4, 0.5) is 19.0 Å². The number of nitrogens with zero attached hydrogens (tertiary/aromatic N) is 2. The number of aromatic nitrogens is 1. The van der Waals surface area contributed by atoms with Crippen LogP contribution in [0.5, 0.6) is 5.75 Å². The number of pyridine rings is 1. The molecule has 0 aromatic carbocycles. The Balaban J connectivity index is 3.35. The van der Waals surface area contributed by atoms with E-state index in [0.717, 1.165) is 6.20 Å². The molecular weight excluding hydrogens is 265 g/mol. The van der Waals surface area contributed by atoms with Crippen molar-refractivity contribution in [3.05, 3.63) is 27.4 Å². The Morgan fingerprint density at radius 1 is 1.59 bits per heavy atom. The van der Waals surface area contributed by atoms with E-state index in [2.05, 4.69) is 9.72 Å². The number of ether oxygens (including phenoxy) is 1. The van der Waals surface area contributed by atoms with Crippen molar-refractivity contribution in [1.82, 2.24) is 4.98 Å². The summed E-state index contributed by atoms with van der Waals surface area (Å²) in [6.07, 6.45) is -3.98. The molecule has 0 spiro atoms. The largest absolute Gasteiger partial charge is 0.573 e. The van der Waals surface area contributed by atoms with Crippen LogP contribution < -0.4 is 4.74 Å². The van der Waals surface area contributed by atoms with Crippen molar-refractivity contribution < 1.29 is 22.8 Å². The van der Waals surface area contributed by atoms with Crippen LogP contribution in [0.2, 0.25) is 0 Å². The maximum absolute atomic E-state index is 12.1. The van der Waals surface area contributed by atoms with Crippen molar-refractivity contribution in [2.75, 3.05) is 0 Å². The second-order valence-corrected chi connectivity index (χ2v) is 3.27. The van der Waals surface area contributed by atoms with Gasteiger partial charge in [-0.05, 0) is 16.8 Å². The van der Waals surface area contributed by atoms with Gasteiger partial charge in [-0.25, -0.2) is 0 Å². The zero-order valence-electron chi connectivity index (χ0n) is 8.42. The predicted molar refractivity (Wildman–Crippen MR) is 51.9 cm³/mol. The molecule has 0 saturated heterocycles. The highest BCUT2D eigenvalue weighted by Gasteiger charge is 2.36. The Morgan fingerprint density at radius 2 is 2.18 bits per heavy atom. The first-order valence-electron chi connectivity index (χ1n) is 4.21. The van der Waals surface area contributed by atoms with E-state index in [1.54, 1.807) is 0 Å². The van der Waals surface area contributed by atoms with E-state index in [-0.39, 0.29) is 17.0 Å². The minimum Gasteiger partial charge on any atom is -0.396 e. The summed E-state index contributed by atoms with van der Waals surface area (Å²) in [5.74, 6) is -2.04. The van der Waals surface area contributed by atoms with Gasteiger partial charge in [0.25, 0.3) is 0 Å². The van der Waals surface area contributed by atoms with E-state index in [4.69, 9.17) is 11.6 Å². The lowest BCUT2D eigenvalue weighted by molar-refractivity contribution is -0.393. The number of hydrogen-bond acceptors (Lipinski definition) is 4. The predicted octanol–water partition coefficient (Wildman–Crippen LogP) is 2.94.